The quantitative estimate of drug-likeness (QED) is 0.940. The van der Waals surface area contributed by atoms with Crippen LogP contribution in [0.2, 0.25) is 0 Å². The highest BCUT2D eigenvalue weighted by Gasteiger charge is 2.36. The van der Waals surface area contributed by atoms with Crippen molar-refractivity contribution in [2.45, 2.75) is 19.8 Å². The Labute approximate surface area is 132 Å². The summed E-state index contributed by atoms with van der Waals surface area (Å²) >= 11 is 1.45. The van der Waals surface area contributed by atoms with Crippen LogP contribution in [0.1, 0.15) is 22.6 Å². The van der Waals surface area contributed by atoms with Crippen LogP contribution in [0.15, 0.2) is 30.3 Å². The summed E-state index contributed by atoms with van der Waals surface area (Å²) in [6.45, 7) is 2.20. The van der Waals surface area contributed by atoms with E-state index in [1.54, 1.807) is 0 Å². The number of rotatable bonds is 4. The van der Waals surface area contributed by atoms with Gasteiger partial charge in [0.1, 0.15) is 0 Å². The molecule has 1 atom stereocenters. The number of amides is 1. The van der Waals surface area contributed by atoms with Crippen molar-refractivity contribution in [3.05, 3.63) is 46.5 Å². The number of nitrogens with zero attached hydrogens (tertiary/aromatic N) is 2. The molecule has 2 heterocycles. The molecule has 5 nitrogen and oxygen atoms in total. The molecule has 1 aliphatic heterocycles. The molecule has 114 valence electrons. The smallest absolute Gasteiger partial charge is 0.308 e. The Morgan fingerprint density at radius 3 is 2.77 bits per heavy atom. The van der Waals surface area contributed by atoms with E-state index in [2.05, 4.69) is 4.98 Å². The molecule has 1 saturated heterocycles. The van der Waals surface area contributed by atoms with Crippen molar-refractivity contribution in [1.82, 2.24) is 4.98 Å². The molecule has 1 amide bonds. The van der Waals surface area contributed by atoms with Gasteiger partial charge in [-0.25, -0.2) is 4.98 Å². The minimum atomic E-state index is -0.923. The van der Waals surface area contributed by atoms with Crippen LogP contribution in [0.4, 0.5) is 5.13 Å². The number of carboxylic acids is 1. The van der Waals surface area contributed by atoms with Crippen LogP contribution < -0.4 is 4.90 Å². The molecule has 0 spiro atoms. The van der Waals surface area contributed by atoms with Gasteiger partial charge in [0, 0.05) is 24.3 Å². The van der Waals surface area contributed by atoms with E-state index in [4.69, 9.17) is 5.11 Å². The minimum Gasteiger partial charge on any atom is -0.481 e. The maximum absolute atomic E-state index is 12.0. The summed E-state index contributed by atoms with van der Waals surface area (Å²) in [5.74, 6) is -1.71. The molecule has 3 rings (SSSR count). The number of aliphatic carboxylic acids is 1. The third kappa shape index (κ3) is 2.87. The highest BCUT2D eigenvalue weighted by molar-refractivity contribution is 7.15. The van der Waals surface area contributed by atoms with E-state index in [0.29, 0.717) is 11.6 Å². The van der Waals surface area contributed by atoms with Gasteiger partial charge in [0.15, 0.2) is 5.13 Å². The molecule has 1 aliphatic rings. The number of aromatic nitrogens is 1. The Morgan fingerprint density at radius 1 is 1.41 bits per heavy atom. The third-order valence-electron chi connectivity index (χ3n) is 3.80. The molecule has 1 aromatic carbocycles. The fourth-order valence-electron chi connectivity index (χ4n) is 2.54. The molecule has 0 radical (unpaired) electrons. The molecular weight excluding hydrogens is 300 g/mol. The predicted molar refractivity (Wildman–Crippen MR) is 84.2 cm³/mol. The van der Waals surface area contributed by atoms with Gasteiger partial charge in [0.25, 0.3) is 0 Å². The average molecular weight is 316 g/mol. The van der Waals surface area contributed by atoms with Gasteiger partial charge in [-0.1, -0.05) is 30.3 Å². The van der Waals surface area contributed by atoms with E-state index in [0.717, 1.165) is 10.6 Å². The van der Waals surface area contributed by atoms with Gasteiger partial charge in [-0.05, 0) is 12.5 Å². The van der Waals surface area contributed by atoms with Gasteiger partial charge in [-0.15, -0.1) is 11.3 Å². The van der Waals surface area contributed by atoms with Crippen molar-refractivity contribution in [3.63, 3.8) is 0 Å². The average Bonchev–Trinajstić information content (AvgIpc) is 3.04. The van der Waals surface area contributed by atoms with E-state index >= 15 is 0 Å². The Kier molecular flexibility index (Phi) is 3.94. The summed E-state index contributed by atoms with van der Waals surface area (Å²) in [6, 6.07) is 10.0. The number of anilines is 1. The van der Waals surface area contributed by atoms with Crippen LogP contribution in [0.5, 0.6) is 0 Å². The van der Waals surface area contributed by atoms with Crippen molar-refractivity contribution in [1.29, 1.82) is 0 Å². The van der Waals surface area contributed by atoms with Crippen molar-refractivity contribution in [2.75, 3.05) is 11.4 Å². The second kappa shape index (κ2) is 5.88. The Hall–Kier alpha value is -2.21. The first-order valence-corrected chi connectivity index (χ1v) is 7.89. The number of carbonyl (C=O) groups is 2. The highest BCUT2D eigenvalue weighted by atomic mass is 32.1. The van der Waals surface area contributed by atoms with E-state index in [1.807, 2.05) is 37.3 Å². The summed E-state index contributed by atoms with van der Waals surface area (Å²) in [5.41, 5.74) is 2.11. The monoisotopic (exact) mass is 316 g/mol. The lowest BCUT2D eigenvalue weighted by atomic mass is 10.1. The van der Waals surface area contributed by atoms with Crippen molar-refractivity contribution < 1.29 is 14.7 Å². The minimum absolute atomic E-state index is 0.0575. The summed E-state index contributed by atoms with van der Waals surface area (Å²) < 4.78 is 0. The summed E-state index contributed by atoms with van der Waals surface area (Å²) in [5, 5.41) is 9.66. The normalized spacial score (nSPS) is 18.0. The van der Waals surface area contributed by atoms with E-state index in [-0.39, 0.29) is 18.9 Å². The lowest BCUT2D eigenvalue weighted by Gasteiger charge is -2.11. The molecule has 0 aliphatic carbocycles. The predicted octanol–water partition coefficient (Wildman–Crippen LogP) is 2.48. The van der Waals surface area contributed by atoms with Crippen LogP contribution >= 0.6 is 11.3 Å². The third-order valence-corrected chi connectivity index (χ3v) is 4.84. The molecule has 1 aromatic heterocycles. The second-order valence-corrected chi connectivity index (χ2v) is 6.59. The van der Waals surface area contributed by atoms with Crippen LogP contribution in [0.25, 0.3) is 0 Å². The molecule has 0 bridgehead atoms. The van der Waals surface area contributed by atoms with Crippen LogP contribution in [0.3, 0.4) is 0 Å². The largest absolute Gasteiger partial charge is 0.481 e. The van der Waals surface area contributed by atoms with Gasteiger partial charge in [-0.3, -0.25) is 14.5 Å². The lowest BCUT2D eigenvalue weighted by molar-refractivity contribution is -0.141. The van der Waals surface area contributed by atoms with Crippen molar-refractivity contribution >= 4 is 28.3 Å². The van der Waals surface area contributed by atoms with Crippen LogP contribution in [-0.2, 0) is 16.0 Å². The molecule has 1 fully saturated rings. The molecular formula is C16H16N2O3S. The number of hydrogen-bond acceptors (Lipinski definition) is 4. The SMILES string of the molecule is Cc1sc(N2CC(C(=O)O)CC2=O)nc1Cc1ccccc1. The zero-order chi connectivity index (χ0) is 15.7. The number of carbonyl (C=O) groups excluding carboxylic acids is 1. The molecule has 2 aromatic rings. The molecule has 1 N–H and O–H groups in total. The molecule has 0 saturated carbocycles. The van der Waals surface area contributed by atoms with E-state index < -0.39 is 11.9 Å². The van der Waals surface area contributed by atoms with Crippen molar-refractivity contribution in [3.8, 4) is 0 Å². The van der Waals surface area contributed by atoms with E-state index in [9.17, 15) is 9.59 Å². The first kappa shape index (κ1) is 14.7. The maximum Gasteiger partial charge on any atom is 0.308 e. The Balaban J connectivity index is 1.80. The summed E-state index contributed by atoms with van der Waals surface area (Å²) in [4.78, 5) is 30.2. The number of benzene rings is 1. The van der Waals surface area contributed by atoms with Gasteiger partial charge >= 0.3 is 5.97 Å². The van der Waals surface area contributed by atoms with Crippen LogP contribution in [0, 0.1) is 12.8 Å². The fourth-order valence-corrected chi connectivity index (χ4v) is 3.49. The summed E-state index contributed by atoms with van der Waals surface area (Å²) in [6.07, 6.45) is 0.773. The van der Waals surface area contributed by atoms with Crippen molar-refractivity contribution in [2.24, 2.45) is 5.92 Å². The number of aryl methyl sites for hydroxylation is 1. The number of hydrogen-bond donors (Lipinski definition) is 1. The van der Waals surface area contributed by atoms with Gasteiger partial charge in [-0.2, -0.15) is 0 Å². The van der Waals surface area contributed by atoms with Gasteiger partial charge in [0.05, 0.1) is 11.6 Å². The molecule has 6 heteroatoms. The Bertz CT molecular complexity index is 711. The number of thiazole rings is 1. The van der Waals surface area contributed by atoms with Crippen LogP contribution in [-0.4, -0.2) is 28.5 Å². The molecule has 1 unspecified atom stereocenters. The summed E-state index contributed by atoms with van der Waals surface area (Å²) in [7, 11) is 0. The van der Waals surface area contributed by atoms with Gasteiger partial charge < -0.3 is 5.11 Å². The van der Waals surface area contributed by atoms with Gasteiger partial charge in [0.2, 0.25) is 5.91 Å². The molecule has 22 heavy (non-hydrogen) atoms. The number of carboxylic acid groups (broad SMARTS) is 1. The zero-order valence-electron chi connectivity index (χ0n) is 12.2. The topological polar surface area (TPSA) is 70.5 Å². The van der Waals surface area contributed by atoms with E-state index in [1.165, 1.54) is 21.8 Å². The lowest BCUT2D eigenvalue weighted by Crippen LogP contribution is -2.25. The fraction of sp³-hybridized carbons (Fsp3) is 0.312. The Morgan fingerprint density at radius 2 is 2.14 bits per heavy atom. The highest BCUT2D eigenvalue weighted by Crippen LogP contribution is 2.31. The standard InChI is InChI=1S/C16H16N2O3S/c1-10-13(7-11-5-3-2-4-6-11)17-16(22-10)18-9-12(15(20)21)8-14(18)19/h2-6,12H,7-9H2,1H3,(H,20,21). The second-order valence-electron chi connectivity index (χ2n) is 5.41. The zero-order valence-corrected chi connectivity index (χ0v) is 13.0. The first-order valence-electron chi connectivity index (χ1n) is 7.08. The maximum atomic E-state index is 12.0. The first-order chi connectivity index (χ1) is 10.5.